The summed E-state index contributed by atoms with van der Waals surface area (Å²) in [6.45, 7) is 1.94. The third-order valence-corrected chi connectivity index (χ3v) is 7.08. The van der Waals surface area contributed by atoms with Crippen molar-refractivity contribution in [3.8, 4) is 0 Å². The van der Waals surface area contributed by atoms with Gasteiger partial charge in [0.15, 0.2) is 10.2 Å². The fourth-order valence-electron chi connectivity index (χ4n) is 2.55. The lowest BCUT2D eigenvalue weighted by Gasteiger charge is -2.06. The minimum Gasteiger partial charge on any atom is -0.308 e. The van der Waals surface area contributed by atoms with Gasteiger partial charge in [-0.2, -0.15) is 0 Å². The molecule has 136 valence electrons. The molecule has 4 aromatic rings. The number of hydrogen-bond acceptors (Lipinski definition) is 5. The van der Waals surface area contributed by atoms with Crippen LogP contribution in [0.1, 0.15) is 15.2 Å². The SMILES string of the molecule is Cc1cc2sc(NC(=S)NC(=O)c3sc4ccccc4c3Cl)nc2cc1Cl. The highest BCUT2D eigenvalue weighted by Gasteiger charge is 2.18. The van der Waals surface area contributed by atoms with Crippen molar-refractivity contribution in [2.24, 2.45) is 0 Å². The molecule has 2 N–H and O–H groups in total. The van der Waals surface area contributed by atoms with Crippen LogP contribution in [0, 0.1) is 6.92 Å². The van der Waals surface area contributed by atoms with E-state index in [2.05, 4.69) is 15.6 Å². The number of carbonyl (C=O) groups is 1. The van der Waals surface area contributed by atoms with Crippen LogP contribution in [0.25, 0.3) is 20.3 Å². The Bertz CT molecular complexity index is 1180. The monoisotopic (exact) mass is 451 g/mol. The zero-order valence-corrected chi connectivity index (χ0v) is 17.8. The van der Waals surface area contributed by atoms with E-state index in [-0.39, 0.29) is 11.0 Å². The van der Waals surface area contributed by atoms with Crippen molar-refractivity contribution in [2.45, 2.75) is 6.92 Å². The van der Waals surface area contributed by atoms with Crippen molar-refractivity contribution in [2.75, 3.05) is 5.32 Å². The standard InChI is InChI=1S/C18H11Cl2N3OS3/c1-8-6-13-11(7-10(8)19)21-18(27-13)23-17(25)22-16(24)15-14(20)9-4-2-3-5-12(9)26-15/h2-7H,1H3,(H2,21,22,23,24,25). The summed E-state index contributed by atoms with van der Waals surface area (Å²) < 4.78 is 1.94. The molecule has 0 radical (unpaired) electrons. The first-order chi connectivity index (χ1) is 12.9. The Kier molecular flexibility index (Phi) is 5.05. The molecule has 1 amide bonds. The summed E-state index contributed by atoms with van der Waals surface area (Å²) in [7, 11) is 0. The molecule has 0 unspecified atom stereocenters. The predicted octanol–water partition coefficient (Wildman–Crippen LogP) is 6.25. The zero-order chi connectivity index (χ0) is 19.1. The molecule has 0 fully saturated rings. The number of aryl methyl sites for hydroxylation is 1. The smallest absolute Gasteiger partial charge is 0.269 e. The Morgan fingerprint density at radius 2 is 1.93 bits per heavy atom. The van der Waals surface area contributed by atoms with Gasteiger partial charge in [0.05, 0.1) is 15.2 Å². The van der Waals surface area contributed by atoms with Gasteiger partial charge in [-0.25, -0.2) is 4.98 Å². The van der Waals surface area contributed by atoms with Gasteiger partial charge in [-0.15, -0.1) is 11.3 Å². The summed E-state index contributed by atoms with van der Waals surface area (Å²) in [6, 6.07) is 11.4. The van der Waals surface area contributed by atoms with Gasteiger partial charge >= 0.3 is 0 Å². The number of rotatable bonds is 2. The lowest BCUT2D eigenvalue weighted by Crippen LogP contribution is -2.33. The van der Waals surface area contributed by atoms with Crippen LogP contribution in [0.4, 0.5) is 5.13 Å². The van der Waals surface area contributed by atoms with Gasteiger partial charge in [-0.1, -0.05) is 52.7 Å². The number of fused-ring (bicyclic) bond motifs is 2. The number of thiazole rings is 1. The van der Waals surface area contributed by atoms with Crippen LogP contribution >= 0.6 is 58.1 Å². The van der Waals surface area contributed by atoms with Crippen LogP contribution in [0.3, 0.4) is 0 Å². The van der Waals surface area contributed by atoms with Gasteiger partial charge in [-0.3, -0.25) is 10.1 Å². The number of carbonyl (C=O) groups excluding carboxylic acids is 1. The number of anilines is 1. The fourth-order valence-corrected chi connectivity index (χ4v) is 5.33. The van der Waals surface area contributed by atoms with E-state index in [1.807, 2.05) is 43.3 Å². The van der Waals surface area contributed by atoms with E-state index in [0.29, 0.717) is 20.1 Å². The highest BCUT2D eigenvalue weighted by atomic mass is 35.5. The molecule has 0 saturated carbocycles. The molecule has 0 aliphatic rings. The predicted molar refractivity (Wildman–Crippen MR) is 120 cm³/mol. The molecule has 27 heavy (non-hydrogen) atoms. The average molecular weight is 452 g/mol. The van der Waals surface area contributed by atoms with E-state index in [0.717, 1.165) is 25.9 Å². The highest BCUT2D eigenvalue weighted by Crippen LogP contribution is 2.35. The van der Waals surface area contributed by atoms with Crippen molar-refractivity contribution < 1.29 is 4.79 Å². The van der Waals surface area contributed by atoms with Gasteiger partial charge in [0.25, 0.3) is 5.91 Å². The van der Waals surface area contributed by atoms with Gasteiger partial charge in [0.1, 0.15) is 4.88 Å². The van der Waals surface area contributed by atoms with Crippen molar-refractivity contribution in [3.63, 3.8) is 0 Å². The summed E-state index contributed by atoms with van der Waals surface area (Å²) in [5.74, 6) is -0.348. The quantitative estimate of drug-likeness (QED) is 0.353. The van der Waals surface area contributed by atoms with Gasteiger partial charge in [-0.05, 0) is 42.9 Å². The van der Waals surface area contributed by atoms with E-state index >= 15 is 0 Å². The lowest BCUT2D eigenvalue weighted by atomic mass is 10.2. The third-order valence-electron chi connectivity index (χ3n) is 3.86. The Balaban J connectivity index is 1.51. The van der Waals surface area contributed by atoms with Gasteiger partial charge in [0.2, 0.25) is 0 Å². The Morgan fingerprint density at radius 1 is 1.15 bits per heavy atom. The van der Waals surface area contributed by atoms with E-state index in [1.165, 1.54) is 22.7 Å². The van der Waals surface area contributed by atoms with E-state index in [4.69, 9.17) is 35.4 Å². The highest BCUT2D eigenvalue weighted by molar-refractivity contribution is 7.80. The second kappa shape index (κ2) is 7.33. The maximum atomic E-state index is 12.6. The number of benzene rings is 2. The third kappa shape index (κ3) is 3.66. The summed E-state index contributed by atoms with van der Waals surface area (Å²) >= 11 is 20.5. The van der Waals surface area contributed by atoms with E-state index in [9.17, 15) is 4.79 Å². The number of hydrogen-bond donors (Lipinski definition) is 2. The minimum absolute atomic E-state index is 0.162. The average Bonchev–Trinajstić information content (AvgIpc) is 3.16. The maximum absolute atomic E-state index is 12.6. The summed E-state index contributed by atoms with van der Waals surface area (Å²) in [5, 5.41) is 8.30. The van der Waals surface area contributed by atoms with Crippen LogP contribution in [-0.4, -0.2) is 16.0 Å². The van der Waals surface area contributed by atoms with Gasteiger partial charge in [0, 0.05) is 15.1 Å². The topological polar surface area (TPSA) is 54.0 Å². The zero-order valence-electron chi connectivity index (χ0n) is 13.8. The molecule has 0 aliphatic heterocycles. The first-order valence-corrected chi connectivity index (χ1v) is 10.6. The first-order valence-electron chi connectivity index (χ1n) is 7.78. The number of nitrogens with zero attached hydrogens (tertiary/aromatic N) is 1. The van der Waals surface area contributed by atoms with E-state index < -0.39 is 0 Å². The second-order valence-corrected chi connectivity index (χ2v) is 9.01. The van der Waals surface area contributed by atoms with Crippen LogP contribution in [0.5, 0.6) is 0 Å². The lowest BCUT2D eigenvalue weighted by molar-refractivity contribution is 0.0982. The number of thiophene rings is 1. The normalized spacial score (nSPS) is 11.1. The number of thiocarbonyl (C=S) groups is 1. The molecule has 2 heterocycles. The fraction of sp³-hybridized carbons (Fsp3) is 0.0556. The maximum Gasteiger partial charge on any atom is 0.269 e. The van der Waals surface area contributed by atoms with Crippen LogP contribution < -0.4 is 10.6 Å². The molecule has 0 atom stereocenters. The number of aromatic nitrogens is 1. The van der Waals surface area contributed by atoms with Crippen LogP contribution in [-0.2, 0) is 0 Å². The Labute approximate surface area is 178 Å². The molecule has 0 bridgehead atoms. The molecular weight excluding hydrogens is 441 g/mol. The molecule has 2 aromatic heterocycles. The molecular formula is C18H11Cl2N3OS3. The first kappa shape index (κ1) is 18.6. The van der Waals surface area contributed by atoms with Crippen molar-refractivity contribution in [3.05, 3.63) is 56.9 Å². The molecule has 0 spiro atoms. The Hall–Kier alpha value is -1.77. The molecule has 2 aromatic carbocycles. The summed E-state index contributed by atoms with van der Waals surface area (Å²) in [4.78, 5) is 17.4. The van der Waals surface area contributed by atoms with Gasteiger partial charge < -0.3 is 5.32 Å². The molecule has 0 saturated heterocycles. The van der Waals surface area contributed by atoms with Crippen molar-refractivity contribution in [1.82, 2.24) is 10.3 Å². The minimum atomic E-state index is -0.348. The summed E-state index contributed by atoms with van der Waals surface area (Å²) in [6.07, 6.45) is 0. The number of amides is 1. The second-order valence-electron chi connectivity index (χ2n) is 5.74. The van der Waals surface area contributed by atoms with E-state index in [1.54, 1.807) is 0 Å². The molecule has 9 heteroatoms. The molecule has 4 rings (SSSR count). The number of nitrogens with one attached hydrogen (secondary N) is 2. The van der Waals surface area contributed by atoms with Crippen LogP contribution in [0.15, 0.2) is 36.4 Å². The number of halogens is 2. The largest absolute Gasteiger partial charge is 0.308 e. The van der Waals surface area contributed by atoms with Crippen molar-refractivity contribution in [1.29, 1.82) is 0 Å². The van der Waals surface area contributed by atoms with Crippen molar-refractivity contribution >= 4 is 94.5 Å². The molecule has 0 aliphatic carbocycles. The Morgan fingerprint density at radius 3 is 2.70 bits per heavy atom. The molecule has 4 nitrogen and oxygen atoms in total. The summed E-state index contributed by atoms with van der Waals surface area (Å²) in [5.41, 5.74) is 1.76. The van der Waals surface area contributed by atoms with Crippen LogP contribution in [0.2, 0.25) is 10.0 Å².